The largest absolute Gasteiger partial charge is 0.465 e. The molecule has 2 fully saturated rings. The summed E-state index contributed by atoms with van der Waals surface area (Å²) in [5.74, 6) is -0.601. The Hall–Kier alpha value is -1.82. The molecule has 0 radical (unpaired) electrons. The average Bonchev–Trinajstić information content (AvgIpc) is 2.85. The number of nitrogens with two attached hydrogens (primary N) is 1. The number of carbonyl (C=O) groups excluding carboxylic acids is 1. The van der Waals surface area contributed by atoms with Crippen molar-refractivity contribution in [2.45, 2.75) is 50.8 Å². The van der Waals surface area contributed by atoms with Crippen LogP contribution in [0.3, 0.4) is 0 Å². The van der Waals surface area contributed by atoms with Crippen molar-refractivity contribution in [1.82, 2.24) is 14.6 Å². The number of nitrogen functional groups attached to an aromatic ring is 1. The first-order valence-corrected chi connectivity index (χ1v) is 10.2. The van der Waals surface area contributed by atoms with Crippen LogP contribution in [0, 0.1) is 0 Å². The summed E-state index contributed by atoms with van der Waals surface area (Å²) in [6, 6.07) is 0.419. The van der Waals surface area contributed by atoms with E-state index in [1.807, 2.05) is 0 Å². The minimum Gasteiger partial charge on any atom is -0.465 e. The lowest BCUT2D eigenvalue weighted by Gasteiger charge is -2.36. The van der Waals surface area contributed by atoms with Gasteiger partial charge in [0.15, 0.2) is 6.23 Å². The number of fused-ring (bicyclic) bond motifs is 1. The van der Waals surface area contributed by atoms with Crippen molar-refractivity contribution in [3.8, 4) is 0 Å². The third kappa shape index (κ3) is 3.84. The minimum atomic E-state index is -3.95. The van der Waals surface area contributed by atoms with Crippen LogP contribution < -0.4 is 16.5 Å². The Morgan fingerprint density at radius 2 is 2.36 bits per heavy atom. The van der Waals surface area contributed by atoms with Crippen molar-refractivity contribution < 1.29 is 33.0 Å². The predicted octanol–water partition coefficient (Wildman–Crippen LogP) is -0.461. The maximum atomic E-state index is 12.9. The summed E-state index contributed by atoms with van der Waals surface area (Å²) in [6.07, 6.45) is -1.72. The predicted molar refractivity (Wildman–Crippen MR) is 95.1 cm³/mol. The minimum absolute atomic E-state index is 0.0255. The molecule has 0 saturated carbocycles. The van der Waals surface area contributed by atoms with Gasteiger partial charge in [-0.1, -0.05) is 0 Å². The summed E-state index contributed by atoms with van der Waals surface area (Å²) in [7, 11) is -3.95. The van der Waals surface area contributed by atoms with Crippen LogP contribution in [0.15, 0.2) is 17.1 Å². The zero-order chi connectivity index (χ0) is 20.7. The summed E-state index contributed by atoms with van der Waals surface area (Å²) in [5.41, 5.74) is 3.01. The number of anilines is 1. The number of aliphatic hydroxyl groups is 1. The van der Waals surface area contributed by atoms with Crippen LogP contribution in [0.5, 0.6) is 0 Å². The lowest BCUT2D eigenvalue weighted by atomic mass is 9.96. The van der Waals surface area contributed by atoms with E-state index in [9.17, 15) is 19.3 Å². The van der Waals surface area contributed by atoms with E-state index in [-0.39, 0.29) is 19.0 Å². The first-order chi connectivity index (χ1) is 13.1. The molecule has 1 aromatic heterocycles. The third-order valence-electron chi connectivity index (χ3n) is 4.47. The number of aromatic nitrogens is 2. The van der Waals surface area contributed by atoms with Crippen molar-refractivity contribution in [3.05, 3.63) is 22.7 Å². The van der Waals surface area contributed by atoms with Gasteiger partial charge in [-0.25, -0.2) is 14.4 Å². The topological polar surface area (TPSA) is 164 Å². The van der Waals surface area contributed by atoms with Crippen LogP contribution in [-0.4, -0.2) is 57.7 Å². The van der Waals surface area contributed by atoms with Crippen molar-refractivity contribution in [3.63, 3.8) is 0 Å². The highest BCUT2D eigenvalue weighted by Crippen LogP contribution is 2.55. The van der Waals surface area contributed by atoms with Gasteiger partial charge in [0, 0.05) is 6.20 Å². The molecule has 3 rings (SSSR count). The van der Waals surface area contributed by atoms with Crippen molar-refractivity contribution in [2.24, 2.45) is 0 Å². The Balaban J connectivity index is 1.80. The molecule has 0 aliphatic carbocycles. The second-order valence-electron chi connectivity index (χ2n) is 6.72. The third-order valence-corrected chi connectivity index (χ3v) is 6.17. The molecule has 4 N–H and O–H groups in total. The number of nitrogens with zero attached hydrogens (tertiary/aromatic N) is 2. The van der Waals surface area contributed by atoms with Gasteiger partial charge in [0.05, 0.1) is 13.2 Å². The normalized spacial score (nSPS) is 35.9. The molecule has 2 saturated heterocycles. The first-order valence-electron chi connectivity index (χ1n) is 8.67. The molecule has 6 atom stereocenters. The standard InChI is InChI=1S/C15H23N4O8P/c1-4-24-12(20)8(2)18-28(23)25-7-9-11(27-28)15(3,22)13(26-9)19-6-5-10(16)17-14(19)21/h5-6,8-9,11,13,22H,4,7H2,1-3H3,(H,18,23)(H2,16,17,21)/t8-,9+,11+,13+,15+,28-/m0/s1. The summed E-state index contributed by atoms with van der Waals surface area (Å²) >= 11 is 0. The van der Waals surface area contributed by atoms with Gasteiger partial charge < -0.3 is 20.3 Å². The average molecular weight is 418 g/mol. The molecule has 2 aliphatic heterocycles. The molecule has 2 aliphatic rings. The Morgan fingerprint density at radius 3 is 3.00 bits per heavy atom. The number of nitrogens with one attached hydrogen (secondary N) is 1. The summed E-state index contributed by atoms with van der Waals surface area (Å²) < 4.78 is 35.3. The van der Waals surface area contributed by atoms with Gasteiger partial charge in [0.25, 0.3) is 0 Å². The Labute approximate surface area is 160 Å². The van der Waals surface area contributed by atoms with Crippen LogP contribution in [0.1, 0.15) is 27.0 Å². The van der Waals surface area contributed by atoms with Crippen LogP contribution in [0.25, 0.3) is 0 Å². The Kier molecular flexibility index (Phi) is 5.63. The molecular formula is C15H23N4O8P. The highest BCUT2D eigenvalue weighted by Gasteiger charge is 2.60. The quantitative estimate of drug-likeness (QED) is 0.418. The molecule has 28 heavy (non-hydrogen) atoms. The molecule has 0 unspecified atom stereocenters. The number of carbonyl (C=O) groups is 1. The van der Waals surface area contributed by atoms with E-state index >= 15 is 0 Å². The highest BCUT2D eigenvalue weighted by atomic mass is 31.2. The van der Waals surface area contributed by atoms with Crippen LogP contribution >= 0.6 is 7.75 Å². The molecule has 12 nitrogen and oxygen atoms in total. The SMILES string of the molecule is CCOC(=O)[C@H](C)N[P@]1(=O)OC[C@H]2O[C@@H](n3ccc(N)nc3=O)[C@](C)(O)[C@@H]2O1. The van der Waals surface area contributed by atoms with Gasteiger partial charge in [-0.3, -0.25) is 18.4 Å². The lowest BCUT2D eigenvalue weighted by Crippen LogP contribution is -2.50. The van der Waals surface area contributed by atoms with E-state index < -0.39 is 49.5 Å². The van der Waals surface area contributed by atoms with E-state index in [2.05, 4.69) is 10.1 Å². The summed E-state index contributed by atoms with van der Waals surface area (Å²) in [5, 5.41) is 13.5. The van der Waals surface area contributed by atoms with Crippen molar-refractivity contribution >= 4 is 19.5 Å². The molecule has 0 amide bonds. The van der Waals surface area contributed by atoms with Crippen molar-refractivity contribution in [1.29, 1.82) is 0 Å². The van der Waals surface area contributed by atoms with Crippen LogP contribution in [-0.2, 0) is 27.9 Å². The number of hydrogen-bond acceptors (Lipinski definition) is 10. The van der Waals surface area contributed by atoms with E-state index in [1.54, 1.807) is 6.92 Å². The van der Waals surface area contributed by atoms with E-state index in [0.29, 0.717) is 0 Å². The van der Waals surface area contributed by atoms with Crippen molar-refractivity contribution in [2.75, 3.05) is 18.9 Å². The fraction of sp³-hybridized carbons (Fsp3) is 0.667. The molecule has 0 aromatic carbocycles. The zero-order valence-corrected chi connectivity index (χ0v) is 16.5. The molecule has 0 bridgehead atoms. The fourth-order valence-corrected chi connectivity index (χ4v) is 4.89. The molecule has 0 spiro atoms. The fourth-order valence-electron chi connectivity index (χ4n) is 3.12. The van der Waals surface area contributed by atoms with E-state index in [4.69, 9.17) is 24.3 Å². The van der Waals surface area contributed by atoms with Gasteiger partial charge in [-0.15, -0.1) is 0 Å². The maximum Gasteiger partial charge on any atom is 0.406 e. The smallest absolute Gasteiger partial charge is 0.406 e. The Morgan fingerprint density at radius 1 is 1.64 bits per heavy atom. The number of rotatable bonds is 5. The lowest BCUT2D eigenvalue weighted by molar-refractivity contribution is -0.145. The van der Waals surface area contributed by atoms with Crippen LogP contribution in [0.4, 0.5) is 5.82 Å². The van der Waals surface area contributed by atoms with Gasteiger partial charge in [-0.2, -0.15) is 4.98 Å². The number of hydrogen-bond donors (Lipinski definition) is 3. The van der Waals surface area contributed by atoms with Gasteiger partial charge >= 0.3 is 19.4 Å². The second-order valence-corrected chi connectivity index (χ2v) is 8.44. The molecule has 13 heteroatoms. The van der Waals surface area contributed by atoms with E-state index in [1.165, 1.54) is 26.1 Å². The summed E-state index contributed by atoms with van der Waals surface area (Å²) in [6.45, 7) is 4.45. The molecule has 156 valence electrons. The maximum absolute atomic E-state index is 12.9. The Bertz CT molecular complexity index is 859. The van der Waals surface area contributed by atoms with Gasteiger partial charge in [-0.05, 0) is 26.8 Å². The van der Waals surface area contributed by atoms with Gasteiger partial charge in [0.1, 0.15) is 29.7 Å². The van der Waals surface area contributed by atoms with Gasteiger partial charge in [0.2, 0.25) is 0 Å². The molecule has 3 heterocycles. The van der Waals surface area contributed by atoms with Crippen LogP contribution in [0.2, 0.25) is 0 Å². The number of ether oxygens (including phenoxy) is 2. The molecule has 1 aromatic rings. The van der Waals surface area contributed by atoms with E-state index in [0.717, 1.165) is 4.57 Å². The monoisotopic (exact) mass is 418 g/mol. The molecular weight excluding hydrogens is 395 g/mol. The second kappa shape index (κ2) is 7.54. The number of esters is 1. The highest BCUT2D eigenvalue weighted by molar-refractivity contribution is 7.51. The summed E-state index contributed by atoms with van der Waals surface area (Å²) in [4.78, 5) is 27.5. The zero-order valence-electron chi connectivity index (χ0n) is 15.6. The first kappa shape index (κ1) is 20.9.